The number of hydrogen-bond donors (Lipinski definition) is 0. The number of hydrogen-bond acceptors (Lipinski definition) is 5. The third-order valence-corrected chi connectivity index (χ3v) is 7.60. The summed E-state index contributed by atoms with van der Waals surface area (Å²) in [5, 5.41) is 0. The van der Waals surface area contributed by atoms with Gasteiger partial charge >= 0.3 is 5.97 Å². The van der Waals surface area contributed by atoms with Crippen molar-refractivity contribution in [3.05, 3.63) is 23.8 Å². The highest BCUT2D eigenvalue weighted by molar-refractivity contribution is 5.98. The minimum atomic E-state index is -0.454. The molecule has 150 valence electrons. The van der Waals surface area contributed by atoms with Crippen molar-refractivity contribution in [1.82, 2.24) is 4.90 Å². The maximum atomic E-state index is 12.8. The van der Waals surface area contributed by atoms with Gasteiger partial charge in [-0.2, -0.15) is 0 Å². The van der Waals surface area contributed by atoms with Gasteiger partial charge < -0.3 is 14.4 Å². The summed E-state index contributed by atoms with van der Waals surface area (Å²) in [5.41, 5.74) is 1.46. The van der Waals surface area contributed by atoms with Gasteiger partial charge in [-0.15, -0.1) is 0 Å². The lowest BCUT2D eigenvalue weighted by Gasteiger charge is -2.57. The summed E-state index contributed by atoms with van der Waals surface area (Å²) in [4.78, 5) is 29.4. The predicted octanol–water partition coefficient (Wildman–Crippen LogP) is 2.63. The van der Waals surface area contributed by atoms with Crippen LogP contribution in [0.4, 0.5) is 5.69 Å². The molecule has 1 spiro atoms. The van der Waals surface area contributed by atoms with Gasteiger partial charge in [0.05, 0.1) is 18.8 Å². The first-order valence-electron chi connectivity index (χ1n) is 10.4. The second kappa shape index (κ2) is 5.96. The second-order valence-electron chi connectivity index (χ2n) is 8.79. The van der Waals surface area contributed by atoms with Crippen LogP contribution in [0.15, 0.2) is 18.2 Å². The van der Waals surface area contributed by atoms with Crippen molar-refractivity contribution in [3.8, 4) is 5.75 Å². The van der Waals surface area contributed by atoms with Crippen LogP contribution >= 0.6 is 0 Å². The topological polar surface area (TPSA) is 59.1 Å². The number of fused-ring (bicyclic) bond motifs is 1. The minimum Gasteiger partial charge on any atom is -0.495 e. The molecular formula is C22H28N2O4. The van der Waals surface area contributed by atoms with Crippen molar-refractivity contribution in [2.24, 2.45) is 0 Å². The van der Waals surface area contributed by atoms with Crippen LogP contribution in [-0.4, -0.2) is 54.7 Å². The van der Waals surface area contributed by atoms with Crippen LogP contribution in [0.2, 0.25) is 0 Å². The van der Waals surface area contributed by atoms with Crippen LogP contribution in [0, 0.1) is 0 Å². The summed E-state index contributed by atoms with van der Waals surface area (Å²) < 4.78 is 11.8. The van der Waals surface area contributed by atoms with E-state index in [1.165, 1.54) is 12.5 Å². The lowest BCUT2D eigenvalue weighted by Crippen LogP contribution is -2.69. The lowest BCUT2D eigenvalue weighted by molar-refractivity contribution is -0.181. The van der Waals surface area contributed by atoms with Gasteiger partial charge in [0.2, 0.25) is 5.91 Å². The molecule has 1 saturated carbocycles. The molecule has 4 unspecified atom stereocenters. The van der Waals surface area contributed by atoms with Crippen LogP contribution in [0.1, 0.15) is 51.5 Å². The molecule has 0 bridgehead atoms. The summed E-state index contributed by atoms with van der Waals surface area (Å²) in [6.45, 7) is 5.18. The number of methoxy groups -OCH3 is 1. The Morgan fingerprint density at radius 3 is 2.68 bits per heavy atom. The van der Waals surface area contributed by atoms with E-state index in [4.69, 9.17) is 9.47 Å². The maximum Gasteiger partial charge on any atom is 0.303 e. The summed E-state index contributed by atoms with van der Waals surface area (Å²) in [5.74, 6) is 0.611. The van der Waals surface area contributed by atoms with E-state index >= 15 is 0 Å². The number of esters is 1. The maximum absolute atomic E-state index is 12.8. The Hall–Kier alpha value is -2.08. The van der Waals surface area contributed by atoms with Gasteiger partial charge in [0.25, 0.3) is 0 Å². The van der Waals surface area contributed by atoms with Crippen LogP contribution in [0.25, 0.3) is 0 Å². The summed E-state index contributed by atoms with van der Waals surface area (Å²) in [6.07, 6.45) is 4.58. The van der Waals surface area contributed by atoms with Crippen LogP contribution in [0.3, 0.4) is 0 Å². The number of carbonyl (C=O) groups is 2. The first kappa shape index (κ1) is 18.0. The van der Waals surface area contributed by atoms with E-state index in [0.717, 1.165) is 56.6 Å². The predicted molar refractivity (Wildman–Crippen MR) is 105 cm³/mol. The van der Waals surface area contributed by atoms with Gasteiger partial charge in [-0.3, -0.25) is 14.5 Å². The molecule has 3 aliphatic heterocycles. The monoisotopic (exact) mass is 384 g/mol. The number of ether oxygens (including phenoxy) is 2. The molecule has 6 heteroatoms. The van der Waals surface area contributed by atoms with Gasteiger partial charge in [-0.25, -0.2) is 0 Å². The van der Waals surface area contributed by atoms with E-state index in [0.29, 0.717) is 0 Å². The molecule has 1 aliphatic carbocycles. The molecule has 2 saturated heterocycles. The van der Waals surface area contributed by atoms with Crippen LogP contribution < -0.4 is 9.64 Å². The van der Waals surface area contributed by atoms with Crippen LogP contribution in [0.5, 0.6) is 5.75 Å². The van der Waals surface area contributed by atoms with E-state index in [2.05, 4.69) is 11.0 Å². The Balaban J connectivity index is 1.75. The fourth-order valence-electron chi connectivity index (χ4n) is 7.04. The Kier molecular flexibility index (Phi) is 3.83. The van der Waals surface area contributed by atoms with Crippen molar-refractivity contribution < 1.29 is 19.1 Å². The smallest absolute Gasteiger partial charge is 0.303 e. The molecule has 4 atom stereocenters. The normalized spacial score (nSPS) is 35.8. The molecule has 1 aromatic rings. The Bertz CT molecular complexity index is 855. The average Bonchev–Trinajstić information content (AvgIpc) is 3.19. The number of piperidine rings is 1. The molecule has 3 fully saturated rings. The molecule has 5 rings (SSSR count). The molecule has 0 aromatic heterocycles. The fraction of sp³-hybridized carbons (Fsp3) is 0.636. The highest BCUT2D eigenvalue weighted by Crippen LogP contribution is 2.64. The van der Waals surface area contributed by atoms with E-state index in [-0.39, 0.29) is 29.4 Å². The minimum absolute atomic E-state index is 0.0573. The summed E-state index contributed by atoms with van der Waals surface area (Å²) in [6, 6.07) is 6.34. The third kappa shape index (κ3) is 2.07. The van der Waals surface area contributed by atoms with Crippen molar-refractivity contribution >= 4 is 17.6 Å². The number of para-hydroxylation sites is 1. The largest absolute Gasteiger partial charge is 0.495 e. The van der Waals surface area contributed by atoms with Gasteiger partial charge in [-0.05, 0) is 56.8 Å². The van der Waals surface area contributed by atoms with Crippen molar-refractivity contribution in [1.29, 1.82) is 0 Å². The Morgan fingerprint density at radius 2 is 1.96 bits per heavy atom. The van der Waals surface area contributed by atoms with E-state index in [9.17, 15) is 9.59 Å². The zero-order chi connectivity index (χ0) is 19.7. The molecular weight excluding hydrogens is 356 g/mol. The zero-order valence-corrected chi connectivity index (χ0v) is 16.9. The van der Waals surface area contributed by atoms with Crippen LogP contribution in [-0.2, 0) is 19.7 Å². The number of carbonyl (C=O) groups excluding carboxylic acids is 2. The first-order valence-corrected chi connectivity index (χ1v) is 10.4. The molecule has 4 aliphatic rings. The van der Waals surface area contributed by atoms with Gasteiger partial charge in [0, 0.05) is 25.3 Å². The number of benzene rings is 1. The number of amides is 1. The zero-order valence-electron chi connectivity index (χ0n) is 16.9. The molecule has 0 N–H and O–H groups in total. The Labute approximate surface area is 165 Å². The van der Waals surface area contributed by atoms with Crippen molar-refractivity contribution in [3.63, 3.8) is 0 Å². The van der Waals surface area contributed by atoms with E-state index in [1.54, 1.807) is 14.0 Å². The molecule has 1 amide bonds. The Morgan fingerprint density at radius 1 is 1.14 bits per heavy atom. The average molecular weight is 384 g/mol. The molecule has 0 radical (unpaired) electrons. The van der Waals surface area contributed by atoms with Crippen molar-refractivity contribution in [2.45, 2.75) is 69.1 Å². The quantitative estimate of drug-likeness (QED) is 0.734. The second-order valence-corrected chi connectivity index (χ2v) is 8.79. The SMILES string of the molecule is COc1cccc2c1N(C(C)=O)C1CCC3(OC(C)=O)CCCN4CCC21C43. The van der Waals surface area contributed by atoms with Gasteiger partial charge in [-0.1, -0.05) is 12.1 Å². The molecule has 3 heterocycles. The van der Waals surface area contributed by atoms with E-state index in [1.807, 2.05) is 17.0 Å². The summed E-state index contributed by atoms with van der Waals surface area (Å²) >= 11 is 0. The highest BCUT2D eigenvalue weighted by atomic mass is 16.6. The first-order chi connectivity index (χ1) is 13.4. The molecule has 28 heavy (non-hydrogen) atoms. The van der Waals surface area contributed by atoms with Gasteiger partial charge in [0.15, 0.2) is 0 Å². The third-order valence-electron chi connectivity index (χ3n) is 7.60. The number of nitrogens with zero attached hydrogens (tertiary/aromatic N) is 2. The molecule has 6 nitrogen and oxygen atoms in total. The summed E-state index contributed by atoms with van der Waals surface area (Å²) in [7, 11) is 1.66. The highest BCUT2D eigenvalue weighted by Gasteiger charge is 2.70. The molecule has 1 aromatic carbocycles. The van der Waals surface area contributed by atoms with Crippen molar-refractivity contribution in [2.75, 3.05) is 25.1 Å². The standard InChI is InChI=1S/C22H28N2O4/c1-14(25)24-18-8-10-21(28-15(2)26)9-5-12-23-13-11-22(18,20(21)23)16-6-4-7-17(27-3)19(16)24/h4,6-7,18,20H,5,8-13H2,1-3H3. The lowest BCUT2D eigenvalue weighted by atomic mass is 9.57. The van der Waals surface area contributed by atoms with E-state index < -0.39 is 5.60 Å². The fourth-order valence-corrected chi connectivity index (χ4v) is 7.04. The number of anilines is 1. The number of rotatable bonds is 2. The van der Waals surface area contributed by atoms with Gasteiger partial charge in [0.1, 0.15) is 11.4 Å².